The molecular formula is C14H11N5S. The highest BCUT2D eigenvalue weighted by atomic mass is 32.2. The van der Waals surface area contributed by atoms with Gasteiger partial charge in [-0.05, 0) is 17.8 Å². The molecule has 0 amide bonds. The van der Waals surface area contributed by atoms with Gasteiger partial charge < -0.3 is 5.73 Å². The second-order valence-corrected chi connectivity index (χ2v) is 5.01. The number of nitrogen functional groups attached to an aromatic ring is 1. The van der Waals surface area contributed by atoms with Crippen LogP contribution in [0.25, 0.3) is 11.4 Å². The lowest BCUT2D eigenvalue weighted by molar-refractivity contribution is 1.03. The molecule has 0 aliphatic carbocycles. The zero-order valence-electron chi connectivity index (χ0n) is 10.5. The van der Waals surface area contributed by atoms with Crippen molar-refractivity contribution < 1.29 is 0 Å². The van der Waals surface area contributed by atoms with Gasteiger partial charge in [0.05, 0.1) is 0 Å². The molecule has 3 rings (SSSR count). The number of rotatable bonds is 3. The number of hydrogen-bond donors (Lipinski definition) is 1. The van der Waals surface area contributed by atoms with E-state index in [1.165, 1.54) is 18.1 Å². The van der Waals surface area contributed by atoms with Crippen LogP contribution in [0.2, 0.25) is 0 Å². The summed E-state index contributed by atoms with van der Waals surface area (Å²) >= 11 is 1.43. The van der Waals surface area contributed by atoms with Crippen molar-refractivity contribution in [2.45, 2.75) is 10.1 Å². The van der Waals surface area contributed by atoms with Gasteiger partial charge in [0.1, 0.15) is 22.2 Å². The number of hydrogen-bond acceptors (Lipinski definition) is 6. The Morgan fingerprint density at radius 1 is 0.950 bits per heavy atom. The summed E-state index contributed by atoms with van der Waals surface area (Å²) in [5.41, 5.74) is 6.79. The molecule has 0 fully saturated rings. The molecule has 1 aromatic carbocycles. The van der Waals surface area contributed by atoms with Crippen LogP contribution in [0.3, 0.4) is 0 Å². The summed E-state index contributed by atoms with van der Waals surface area (Å²) in [6.07, 6.45) is 3.20. The SMILES string of the molecule is Nc1cc(Sc2ccncn2)nc(-c2ccccc2)n1. The Morgan fingerprint density at radius 3 is 2.55 bits per heavy atom. The number of benzene rings is 1. The van der Waals surface area contributed by atoms with E-state index >= 15 is 0 Å². The first-order chi connectivity index (χ1) is 9.81. The average Bonchev–Trinajstić information content (AvgIpc) is 2.49. The van der Waals surface area contributed by atoms with Crippen LogP contribution in [0, 0.1) is 0 Å². The monoisotopic (exact) mass is 281 g/mol. The summed E-state index contributed by atoms with van der Waals surface area (Å²) in [5.74, 6) is 1.05. The second-order valence-electron chi connectivity index (χ2n) is 3.97. The molecule has 2 aromatic heterocycles. The van der Waals surface area contributed by atoms with Crippen LogP contribution in [0.5, 0.6) is 0 Å². The van der Waals surface area contributed by atoms with Crippen molar-refractivity contribution in [3.05, 3.63) is 55.0 Å². The fourth-order valence-electron chi connectivity index (χ4n) is 1.66. The van der Waals surface area contributed by atoms with E-state index in [0.29, 0.717) is 11.6 Å². The van der Waals surface area contributed by atoms with Gasteiger partial charge in [0.15, 0.2) is 5.82 Å². The van der Waals surface area contributed by atoms with Gasteiger partial charge >= 0.3 is 0 Å². The van der Waals surface area contributed by atoms with Gasteiger partial charge in [-0.15, -0.1) is 0 Å². The predicted octanol–water partition coefficient (Wildman–Crippen LogP) is 2.67. The lowest BCUT2D eigenvalue weighted by Crippen LogP contribution is -1.97. The first-order valence-corrected chi connectivity index (χ1v) is 6.77. The standard InChI is InChI=1S/C14H11N5S/c15-11-8-13(20-12-6-7-16-9-17-12)19-14(18-11)10-4-2-1-3-5-10/h1-9H,(H2,15,18,19). The zero-order chi connectivity index (χ0) is 13.8. The quantitative estimate of drug-likeness (QED) is 0.744. The third-order valence-electron chi connectivity index (χ3n) is 2.52. The Kier molecular flexibility index (Phi) is 3.56. The van der Waals surface area contributed by atoms with Crippen molar-refractivity contribution in [3.8, 4) is 11.4 Å². The van der Waals surface area contributed by atoms with Crippen LogP contribution in [0.4, 0.5) is 5.82 Å². The molecule has 3 aromatic rings. The third kappa shape index (κ3) is 2.92. The van der Waals surface area contributed by atoms with E-state index in [0.717, 1.165) is 15.6 Å². The molecule has 6 heteroatoms. The van der Waals surface area contributed by atoms with E-state index < -0.39 is 0 Å². The van der Waals surface area contributed by atoms with Gasteiger partial charge in [0.2, 0.25) is 0 Å². The molecule has 98 valence electrons. The summed E-state index contributed by atoms with van der Waals surface area (Å²) in [6, 6.07) is 13.3. The number of nitrogens with zero attached hydrogens (tertiary/aromatic N) is 4. The summed E-state index contributed by atoms with van der Waals surface area (Å²) in [4.78, 5) is 16.8. The van der Waals surface area contributed by atoms with E-state index in [1.54, 1.807) is 12.3 Å². The largest absolute Gasteiger partial charge is 0.384 e. The molecule has 0 unspecified atom stereocenters. The fraction of sp³-hybridized carbons (Fsp3) is 0. The van der Waals surface area contributed by atoms with Crippen molar-refractivity contribution in [1.82, 2.24) is 19.9 Å². The third-order valence-corrected chi connectivity index (χ3v) is 3.39. The topological polar surface area (TPSA) is 77.6 Å². The molecule has 0 atom stereocenters. The van der Waals surface area contributed by atoms with Crippen LogP contribution < -0.4 is 5.73 Å². The van der Waals surface area contributed by atoms with Crippen molar-refractivity contribution in [2.24, 2.45) is 0 Å². The summed E-state index contributed by atoms with van der Waals surface area (Å²) in [5, 5.41) is 1.58. The minimum atomic E-state index is 0.440. The van der Waals surface area contributed by atoms with Gasteiger partial charge in [0, 0.05) is 17.8 Å². The van der Waals surface area contributed by atoms with Gasteiger partial charge in [0.25, 0.3) is 0 Å². The average molecular weight is 281 g/mol. The molecule has 0 saturated carbocycles. The Balaban J connectivity index is 1.95. The van der Waals surface area contributed by atoms with Crippen LogP contribution in [-0.2, 0) is 0 Å². The highest BCUT2D eigenvalue weighted by Gasteiger charge is 2.07. The maximum Gasteiger partial charge on any atom is 0.162 e. The fourth-order valence-corrected chi connectivity index (χ4v) is 2.41. The van der Waals surface area contributed by atoms with Crippen LogP contribution in [0.1, 0.15) is 0 Å². The molecule has 0 saturated heterocycles. The lowest BCUT2D eigenvalue weighted by Gasteiger charge is -2.05. The molecular weight excluding hydrogens is 270 g/mol. The molecule has 0 aliphatic heterocycles. The first-order valence-electron chi connectivity index (χ1n) is 5.95. The van der Waals surface area contributed by atoms with E-state index in [4.69, 9.17) is 5.73 Å². The highest BCUT2D eigenvalue weighted by molar-refractivity contribution is 7.99. The van der Waals surface area contributed by atoms with Gasteiger partial charge in [-0.1, -0.05) is 30.3 Å². The zero-order valence-corrected chi connectivity index (χ0v) is 11.3. The van der Waals surface area contributed by atoms with Gasteiger partial charge in [-0.25, -0.2) is 19.9 Å². The Morgan fingerprint density at radius 2 is 1.80 bits per heavy atom. The molecule has 2 N–H and O–H groups in total. The molecule has 2 heterocycles. The van der Waals surface area contributed by atoms with E-state index in [2.05, 4.69) is 19.9 Å². The molecule has 0 bridgehead atoms. The number of anilines is 1. The molecule has 0 aliphatic rings. The Hall–Kier alpha value is -2.47. The maximum absolute atomic E-state index is 5.85. The molecule has 0 radical (unpaired) electrons. The minimum absolute atomic E-state index is 0.440. The predicted molar refractivity (Wildman–Crippen MR) is 78.0 cm³/mol. The van der Waals surface area contributed by atoms with Crippen molar-refractivity contribution >= 4 is 17.6 Å². The molecule has 20 heavy (non-hydrogen) atoms. The lowest BCUT2D eigenvalue weighted by atomic mass is 10.2. The maximum atomic E-state index is 5.85. The summed E-state index contributed by atoms with van der Waals surface area (Å²) < 4.78 is 0. The summed E-state index contributed by atoms with van der Waals surface area (Å²) in [6.45, 7) is 0. The Bertz CT molecular complexity index is 703. The van der Waals surface area contributed by atoms with Crippen LogP contribution in [0.15, 0.2) is 65.0 Å². The van der Waals surface area contributed by atoms with Crippen molar-refractivity contribution in [1.29, 1.82) is 0 Å². The number of nitrogens with two attached hydrogens (primary N) is 1. The smallest absolute Gasteiger partial charge is 0.162 e. The minimum Gasteiger partial charge on any atom is -0.384 e. The van der Waals surface area contributed by atoms with Gasteiger partial charge in [-0.3, -0.25) is 0 Å². The van der Waals surface area contributed by atoms with Crippen LogP contribution in [-0.4, -0.2) is 19.9 Å². The van der Waals surface area contributed by atoms with Crippen LogP contribution >= 0.6 is 11.8 Å². The number of aromatic nitrogens is 4. The summed E-state index contributed by atoms with van der Waals surface area (Å²) in [7, 11) is 0. The molecule has 0 spiro atoms. The highest BCUT2D eigenvalue weighted by Crippen LogP contribution is 2.26. The van der Waals surface area contributed by atoms with E-state index in [9.17, 15) is 0 Å². The Labute approximate surface area is 120 Å². The van der Waals surface area contributed by atoms with E-state index in [1.807, 2.05) is 36.4 Å². The second kappa shape index (κ2) is 5.66. The molecule has 5 nitrogen and oxygen atoms in total. The van der Waals surface area contributed by atoms with Gasteiger partial charge in [-0.2, -0.15) is 0 Å². The van der Waals surface area contributed by atoms with Crippen molar-refractivity contribution in [3.63, 3.8) is 0 Å². The van der Waals surface area contributed by atoms with E-state index in [-0.39, 0.29) is 0 Å². The first kappa shape index (κ1) is 12.6. The normalized spacial score (nSPS) is 10.4. The van der Waals surface area contributed by atoms with Crippen molar-refractivity contribution in [2.75, 3.05) is 5.73 Å².